The van der Waals surface area contributed by atoms with Crippen LogP contribution in [0.4, 0.5) is 0 Å². The van der Waals surface area contributed by atoms with Gasteiger partial charge in [0.2, 0.25) is 0 Å². The van der Waals surface area contributed by atoms with Gasteiger partial charge in [-0.3, -0.25) is 0 Å². The molecule has 0 spiro atoms. The van der Waals surface area contributed by atoms with E-state index in [4.69, 9.17) is 0 Å². The Hall–Kier alpha value is -0.0800. The van der Waals surface area contributed by atoms with Crippen LogP contribution in [0.15, 0.2) is 0 Å². The molecule has 0 unspecified atom stereocenters. The van der Waals surface area contributed by atoms with E-state index in [-0.39, 0.29) is 0 Å². The summed E-state index contributed by atoms with van der Waals surface area (Å²) in [6.45, 7) is 8.30. The zero-order valence-corrected chi connectivity index (χ0v) is 14.4. The molecule has 2 N–H and O–H groups in total. The van der Waals surface area contributed by atoms with E-state index in [0.717, 1.165) is 51.4 Å². The molecule has 0 saturated carbocycles. The summed E-state index contributed by atoms with van der Waals surface area (Å²) in [6, 6.07) is 0. The lowest BCUT2D eigenvalue weighted by Gasteiger charge is -2.25. The second-order valence-electron chi connectivity index (χ2n) is 6.48. The Morgan fingerprint density at radius 2 is 0.750 bits per heavy atom. The van der Waals surface area contributed by atoms with Crippen molar-refractivity contribution in [3.05, 3.63) is 0 Å². The number of hydrogen-bond donors (Lipinski definition) is 2. The van der Waals surface area contributed by atoms with Gasteiger partial charge in [0.1, 0.15) is 0 Å². The first-order chi connectivity index (χ1) is 9.45. The molecule has 0 aliphatic rings. The third-order valence-corrected chi connectivity index (χ3v) is 5.17. The molecule has 0 aliphatic heterocycles. The maximum Gasteiger partial charge on any atom is 0.0642 e. The van der Waals surface area contributed by atoms with Gasteiger partial charge in [-0.25, -0.2) is 0 Å². The second kappa shape index (κ2) is 10.6. The van der Waals surface area contributed by atoms with Crippen molar-refractivity contribution in [2.75, 3.05) is 0 Å². The molecule has 0 aromatic heterocycles. The Kier molecular flexibility index (Phi) is 10.6. The molecule has 0 aliphatic carbocycles. The molecule has 0 radical (unpaired) electrons. The Morgan fingerprint density at radius 1 is 0.500 bits per heavy atom. The highest BCUT2D eigenvalue weighted by Gasteiger charge is 2.21. The van der Waals surface area contributed by atoms with Crippen LogP contribution < -0.4 is 0 Å². The first-order valence-electron chi connectivity index (χ1n) is 8.90. The van der Waals surface area contributed by atoms with E-state index < -0.39 is 11.2 Å². The lowest BCUT2D eigenvalue weighted by atomic mass is 9.89. The maximum absolute atomic E-state index is 10.2. The lowest BCUT2D eigenvalue weighted by Crippen LogP contribution is -2.26. The molecule has 0 aromatic carbocycles. The highest BCUT2D eigenvalue weighted by atomic mass is 16.3. The average molecular weight is 286 g/mol. The topological polar surface area (TPSA) is 40.5 Å². The highest BCUT2D eigenvalue weighted by molar-refractivity contribution is 4.75. The largest absolute Gasteiger partial charge is 0.390 e. The smallest absolute Gasteiger partial charge is 0.0642 e. The molecule has 0 aromatic rings. The van der Waals surface area contributed by atoms with Crippen LogP contribution in [0, 0.1) is 0 Å². The van der Waals surface area contributed by atoms with Crippen LogP contribution in [0.25, 0.3) is 0 Å². The highest BCUT2D eigenvalue weighted by Crippen LogP contribution is 2.24. The molecule has 2 nitrogen and oxygen atoms in total. The van der Waals surface area contributed by atoms with Gasteiger partial charge in [-0.15, -0.1) is 0 Å². The molecule has 20 heavy (non-hydrogen) atoms. The third kappa shape index (κ3) is 8.26. The fraction of sp³-hybridized carbons (Fsp3) is 1.00. The Labute approximate surface area is 127 Å². The van der Waals surface area contributed by atoms with E-state index in [9.17, 15) is 10.2 Å². The third-order valence-electron chi connectivity index (χ3n) is 5.17. The first-order valence-corrected chi connectivity index (χ1v) is 8.90. The van der Waals surface area contributed by atoms with Crippen LogP contribution in [0.5, 0.6) is 0 Å². The standard InChI is InChI=1S/C18H38O2/c1-5-17(19,6-2)15-13-11-9-10-12-14-16-18(20,7-3)8-4/h19-20H,5-16H2,1-4H3. The van der Waals surface area contributed by atoms with E-state index in [0.29, 0.717) is 0 Å². The molecule has 0 saturated heterocycles. The van der Waals surface area contributed by atoms with Gasteiger partial charge in [0.25, 0.3) is 0 Å². The molecule has 122 valence electrons. The molecular formula is C18H38O2. The molecule has 0 fully saturated rings. The van der Waals surface area contributed by atoms with Crippen molar-refractivity contribution in [1.29, 1.82) is 0 Å². The van der Waals surface area contributed by atoms with Gasteiger partial charge in [0.15, 0.2) is 0 Å². The minimum absolute atomic E-state index is 0.418. The molecule has 0 amide bonds. The number of rotatable bonds is 13. The molecule has 0 atom stereocenters. The van der Waals surface area contributed by atoms with Crippen LogP contribution in [0.3, 0.4) is 0 Å². The van der Waals surface area contributed by atoms with Crippen molar-refractivity contribution in [1.82, 2.24) is 0 Å². The number of unbranched alkanes of at least 4 members (excludes halogenated alkanes) is 5. The average Bonchev–Trinajstić information content (AvgIpc) is 2.49. The van der Waals surface area contributed by atoms with Crippen molar-refractivity contribution >= 4 is 0 Å². The summed E-state index contributed by atoms with van der Waals surface area (Å²) in [5.74, 6) is 0. The fourth-order valence-corrected chi connectivity index (χ4v) is 2.82. The van der Waals surface area contributed by atoms with Gasteiger partial charge >= 0.3 is 0 Å². The van der Waals surface area contributed by atoms with Crippen LogP contribution in [-0.4, -0.2) is 21.4 Å². The summed E-state index contributed by atoms with van der Waals surface area (Å²) in [5.41, 5.74) is -0.836. The summed E-state index contributed by atoms with van der Waals surface area (Å²) in [7, 11) is 0. The maximum atomic E-state index is 10.2. The Morgan fingerprint density at radius 3 is 1.00 bits per heavy atom. The van der Waals surface area contributed by atoms with Gasteiger partial charge < -0.3 is 10.2 Å². The Bertz CT molecular complexity index is 193. The van der Waals surface area contributed by atoms with Crippen molar-refractivity contribution in [2.24, 2.45) is 0 Å². The molecule has 0 bridgehead atoms. The van der Waals surface area contributed by atoms with Crippen LogP contribution in [-0.2, 0) is 0 Å². The van der Waals surface area contributed by atoms with Crippen LogP contribution in [0.2, 0.25) is 0 Å². The predicted octanol–water partition coefficient (Wildman–Crippen LogP) is 5.21. The van der Waals surface area contributed by atoms with E-state index in [1.54, 1.807) is 0 Å². The van der Waals surface area contributed by atoms with Gasteiger partial charge in [-0.1, -0.05) is 66.2 Å². The van der Waals surface area contributed by atoms with E-state index in [1.165, 1.54) is 25.7 Å². The molecule has 0 rings (SSSR count). The summed E-state index contributed by atoms with van der Waals surface area (Å²) in [6.07, 6.45) is 12.7. The number of aliphatic hydroxyl groups is 2. The van der Waals surface area contributed by atoms with Crippen molar-refractivity contribution in [2.45, 2.75) is 116 Å². The fourth-order valence-electron chi connectivity index (χ4n) is 2.82. The summed E-state index contributed by atoms with van der Waals surface area (Å²) >= 11 is 0. The monoisotopic (exact) mass is 286 g/mol. The minimum Gasteiger partial charge on any atom is -0.390 e. The minimum atomic E-state index is -0.418. The Balaban J connectivity index is 3.50. The van der Waals surface area contributed by atoms with Crippen molar-refractivity contribution in [3.8, 4) is 0 Å². The zero-order chi connectivity index (χ0) is 15.5. The van der Waals surface area contributed by atoms with Crippen LogP contribution >= 0.6 is 0 Å². The lowest BCUT2D eigenvalue weighted by molar-refractivity contribution is 0.0198. The summed E-state index contributed by atoms with van der Waals surface area (Å²) in [5, 5.41) is 20.4. The molecular weight excluding hydrogens is 248 g/mol. The summed E-state index contributed by atoms with van der Waals surface area (Å²) in [4.78, 5) is 0. The normalized spacial score (nSPS) is 12.9. The quantitative estimate of drug-likeness (QED) is 0.456. The van der Waals surface area contributed by atoms with Crippen LogP contribution in [0.1, 0.15) is 105 Å². The van der Waals surface area contributed by atoms with Crippen molar-refractivity contribution in [3.63, 3.8) is 0 Å². The zero-order valence-electron chi connectivity index (χ0n) is 14.4. The molecule has 2 heteroatoms. The second-order valence-corrected chi connectivity index (χ2v) is 6.48. The molecule has 0 heterocycles. The van der Waals surface area contributed by atoms with E-state index in [2.05, 4.69) is 27.7 Å². The predicted molar refractivity (Wildman–Crippen MR) is 88.0 cm³/mol. The van der Waals surface area contributed by atoms with Gasteiger partial charge in [-0.2, -0.15) is 0 Å². The van der Waals surface area contributed by atoms with E-state index >= 15 is 0 Å². The van der Waals surface area contributed by atoms with Gasteiger partial charge in [0, 0.05) is 0 Å². The van der Waals surface area contributed by atoms with E-state index in [1.807, 2.05) is 0 Å². The first kappa shape index (κ1) is 19.9. The van der Waals surface area contributed by atoms with Crippen molar-refractivity contribution < 1.29 is 10.2 Å². The van der Waals surface area contributed by atoms with Gasteiger partial charge in [0.05, 0.1) is 11.2 Å². The van der Waals surface area contributed by atoms with Gasteiger partial charge in [-0.05, 0) is 38.5 Å². The summed E-state index contributed by atoms with van der Waals surface area (Å²) < 4.78 is 0. The number of hydrogen-bond acceptors (Lipinski definition) is 2. The SMILES string of the molecule is CCC(O)(CC)CCCCCCCCC(O)(CC)CC.